The fraction of sp³-hybridized carbons (Fsp3) is 0.415. The fourth-order valence-corrected chi connectivity index (χ4v) is 7.15. The molecule has 6 rings (SSSR count). The van der Waals surface area contributed by atoms with Crippen LogP contribution >= 0.6 is 0 Å². The lowest BCUT2D eigenvalue weighted by molar-refractivity contribution is -0.142. The van der Waals surface area contributed by atoms with Crippen molar-refractivity contribution in [1.82, 2.24) is 51.4 Å². The third-order valence-corrected chi connectivity index (χ3v) is 10.5. The first-order chi connectivity index (χ1) is 28.4. The van der Waals surface area contributed by atoms with Crippen molar-refractivity contribution >= 4 is 35.4 Å². The number of imidazole rings is 2. The molecule has 0 bridgehead atoms. The Hall–Kier alpha value is -6.32. The van der Waals surface area contributed by atoms with Crippen LogP contribution < -0.4 is 26.6 Å². The van der Waals surface area contributed by atoms with Gasteiger partial charge in [0.15, 0.2) is 2.82 Å². The maximum absolute atomic E-state index is 14.6. The average molecular weight is 781 g/mol. The number of hydrogen-bond acceptors (Lipinski definition) is 8. The third kappa shape index (κ3) is 10.5. The second kappa shape index (κ2) is 19.0. The quantitative estimate of drug-likeness (QED) is 0.122. The number of carbonyl (C=O) groups excluding carboxylic acids is 6. The molecule has 2 aliphatic heterocycles. The van der Waals surface area contributed by atoms with Crippen LogP contribution in [0.15, 0.2) is 85.7 Å². The van der Waals surface area contributed by atoms with E-state index in [9.17, 15) is 30.2 Å². The molecule has 16 heteroatoms. The van der Waals surface area contributed by atoms with E-state index < -0.39 is 77.6 Å². The normalized spacial score (nSPS) is 25.4. The molecule has 2 saturated heterocycles. The summed E-state index contributed by atoms with van der Waals surface area (Å²) in [5.74, 6) is -5.29. The zero-order valence-corrected chi connectivity index (χ0v) is 32.0. The predicted molar refractivity (Wildman–Crippen MR) is 209 cm³/mol. The third-order valence-electron chi connectivity index (χ3n) is 10.5. The van der Waals surface area contributed by atoms with Gasteiger partial charge in [0.25, 0.3) is 0 Å². The maximum Gasteiger partial charge on any atom is 0.246 e. The van der Waals surface area contributed by atoms with Crippen molar-refractivity contribution in [1.29, 1.82) is 0 Å². The highest BCUT2D eigenvalue weighted by molar-refractivity contribution is 5.98. The van der Waals surface area contributed by atoms with Crippen molar-refractivity contribution < 1.29 is 31.6 Å². The number of fused-ring (bicyclic) bond motifs is 1. The molecule has 16 nitrogen and oxygen atoms in total. The summed E-state index contributed by atoms with van der Waals surface area (Å²) < 4.78 is 18.3. The van der Waals surface area contributed by atoms with E-state index in [0.29, 0.717) is 46.0 Å². The molecule has 0 saturated carbocycles. The number of carbonyl (C=O) groups is 6. The van der Waals surface area contributed by atoms with Gasteiger partial charge in [-0.05, 0) is 29.9 Å². The van der Waals surface area contributed by atoms with Crippen molar-refractivity contribution in [3.63, 3.8) is 0 Å². The van der Waals surface area contributed by atoms with Gasteiger partial charge < -0.3 is 41.4 Å². The number of rotatable bonds is 10. The van der Waals surface area contributed by atoms with Crippen LogP contribution in [0.3, 0.4) is 0 Å². The summed E-state index contributed by atoms with van der Waals surface area (Å²) in [6, 6.07) is 9.89. The number of H-pyrrole nitrogens is 2. The molecule has 57 heavy (non-hydrogen) atoms. The van der Waals surface area contributed by atoms with E-state index in [1.807, 2.05) is 6.07 Å². The van der Waals surface area contributed by atoms with Gasteiger partial charge in [-0.15, -0.1) is 0 Å². The molecule has 7 atom stereocenters. The molecule has 0 aliphatic carbocycles. The Labute approximate surface area is 333 Å². The summed E-state index contributed by atoms with van der Waals surface area (Å²) in [6.45, 7) is 3.67. The SMILES string of the molecule is [2H]N1C(=O)[C@@H](Cc2ccccc2)NC(=O)[C@@H]2CCCN2C(=O)[C@H](Cc2ccccc2)NC(=O)[C@H](Cc2cnc[nH]2)N([2H])C(=O)[C@H](Cc2cnc[nH]2)NC(=O)[C@@H]1[C@@H](C)CC. The summed E-state index contributed by atoms with van der Waals surface area (Å²) in [6.07, 6.45) is 6.37. The first kappa shape index (κ1) is 37.6. The molecule has 2 fully saturated rings. The Morgan fingerprint density at radius 1 is 0.667 bits per heavy atom. The molecule has 7 N–H and O–H groups in total. The summed E-state index contributed by atoms with van der Waals surface area (Å²) in [5.41, 5.74) is 2.23. The molecular weight excluding hydrogens is 729 g/mol. The van der Waals surface area contributed by atoms with E-state index in [2.05, 4.69) is 35.9 Å². The number of benzene rings is 2. The van der Waals surface area contributed by atoms with Gasteiger partial charge in [-0.3, -0.25) is 28.8 Å². The number of nitrogens with one attached hydrogen (secondary N) is 7. The first-order valence-corrected chi connectivity index (χ1v) is 19.3. The Balaban J connectivity index is 1.45. The second-order valence-corrected chi connectivity index (χ2v) is 14.6. The Morgan fingerprint density at radius 2 is 1.19 bits per heavy atom. The Kier molecular flexibility index (Phi) is 12.5. The van der Waals surface area contributed by atoms with Crippen LogP contribution in [0.4, 0.5) is 0 Å². The van der Waals surface area contributed by atoms with Crippen molar-refractivity contribution in [2.75, 3.05) is 6.54 Å². The van der Waals surface area contributed by atoms with Crippen molar-refractivity contribution in [2.45, 2.75) is 95.0 Å². The van der Waals surface area contributed by atoms with Crippen molar-refractivity contribution in [3.8, 4) is 0 Å². The van der Waals surface area contributed by atoms with Gasteiger partial charge in [0.05, 0.1) is 12.7 Å². The lowest BCUT2D eigenvalue weighted by atomic mass is 9.96. The van der Waals surface area contributed by atoms with E-state index in [1.165, 1.54) is 29.9 Å². The molecule has 2 aromatic heterocycles. The van der Waals surface area contributed by atoms with Crippen LogP contribution in [0, 0.1) is 5.92 Å². The Morgan fingerprint density at radius 3 is 1.77 bits per heavy atom. The van der Waals surface area contributed by atoms with E-state index in [1.54, 1.807) is 68.4 Å². The largest absolute Gasteiger partial charge is 0.348 e. The van der Waals surface area contributed by atoms with Crippen molar-refractivity contribution in [2.24, 2.45) is 5.92 Å². The lowest BCUT2D eigenvalue weighted by Gasteiger charge is -2.32. The summed E-state index contributed by atoms with van der Waals surface area (Å²) >= 11 is 0. The number of aromatic amines is 2. The molecule has 0 unspecified atom stereocenters. The van der Waals surface area contributed by atoms with Crippen molar-refractivity contribution in [3.05, 3.63) is 108 Å². The highest BCUT2D eigenvalue weighted by atomic mass is 16.2. The average Bonchev–Trinajstić information content (AvgIpc) is 4.06. The minimum Gasteiger partial charge on any atom is -0.348 e. The second-order valence-electron chi connectivity index (χ2n) is 14.6. The zero-order chi connectivity index (χ0) is 42.1. The standard InChI is InChI=1S/C41H50N10O6/c1-3-25(2)35-40(56)48-32(20-29-22-43-24-45-29)36(52)46-31(19-28-21-42-23-44-28)37(53)49-33(18-27-13-8-5-9-14-27)41(57)51-16-10-15-34(51)39(55)47-30(38(54)50-35)17-26-11-6-4-7-12-26/h4-9,11-14,21-25,30-35H,3,10,15-20H2,1-2H3,(H,42,44)(H,43,45)(H,46,52)(H,47,55)(H,48,56)(H,49,53)(H,50,54)/t25-,30+,31-,32-,33-,34-,35-/m0/s1/i/hD2. The molecule has 0 spiro atoms. The van der Waals surface area contributed by atoms with Gasteiger partial charge in [0.1, 0.15) is 36.3 Å². The van der Waals surface area contributed by atoms with Crippen LogP contribution in [0.2, 0.25) is 2.82 Å². The number of amides is 6. The molecule has 4 heterocycles. The highest BCUT2D eigenvalue weighted by Gasteiger charge is 2.41. The highest BCUT2D eigenvalue weighted by Crippen LogP contribution is 2.21. The van der Waals surface area contributed by atoms with Crippen LogP contribution in [0.25, 0.3) is 0 Å². The van der Waals surface area contributed by atoms with Crippen LogP contribution in [0.1, 0.15) is 55.6 Å². The van der Waals surface area contributed by atoms with E-state index in [0.717, 1.165) is 0 Å². The molecule has 6 amide bonds. The number of aromatic nitrogens is 4. The molecular formula is C41H50N10O6. The van der Waals surface area contributed by atoms with Gasteiger partial charge >= 0.3 is 0 Å². The smallest absolute Gasteiger partial charge is 0.246 e. The molecule has 2 aromatic carbocycles. The van der Waals surface area contributed by atoms with Crippen LogP contribution in [-0.4, -0.2) is 103 Å². The summed E-state index contributed by atoms with van der Waals surface area (Å²) in [7, 11) is 0. The van der Waals surface area contributed by atoms with Gasteiger partial charge in [-0.1, -0.05) is 80.9 Å². The zero-order valence-electron chi connectivity index (χ0n) is 34.0. The van der Waals surface area contributed by atoms with Gasteiger partial charge in [0, 0.05) is 56.0 Å². The summed E-state index contributed by atoms with van der Waals surface area (Å²) in [4.78, 5) is 102. The predicted octanol–water partition coefficient (Wildman–Crippen LogP) is 0.878. The van der Waals surface area contributed by atoms with E-state index in [4.69, 9.17) is 1.41 Å². The number of nitrogens with zero attached hydrogens (tertiary/aromatic N) is 3. The maximum atomic E-state index is 14.6. The fourth-order valence-electron chi connectivity index (χ4n) is 7.15. The topological polar surface area (TPSA) is 223 Å². The molecule has 2 aliphatic rings. The Bertz CT molecular complexity index is 2060. The van der Waals surface area contributed by atoms with Gasteiger partial charge in [-0.2, -0.15) is 0 Å². The number of hydrogen-bond donors (Lipinski definition) is 7. The molecule has 0 radical (unpaired) electrons. The van der Waals surface area contributed by atoms with Crippen LogP contribution in [0.5, 0.6) is 0 Å². The van der Waals surface area contributed by atoms with Gasteiger partial charge in [0.2, 0.25) is 35.4 Å². The molecule has 300 valence electrons. The van der Waals surface area contributed by atoms with E-state index >= 15 is 0 Å². The van der Waals surface area contributed by atoms with Gasteiger partial charge in [-0.25, -0.2) is 9.97 Å². The van der Waals surface area contributed by atoms with Crippen LogP contribution in [-0.2, 0) is 54.5 Å². The first-order valence-electron chi connectivity index (χ1n) is 20.2. The lowest BCUT2D eigenvalue weighted by Crippen LogP contribution is -2.62. The summed E-state index contributed by atoms with van der Waals surface area (Å²) in [5, 5.41) is 9.36. The molecule has 4 aromatic rings. The monoisotopic (exact) mass is 780 g/mol. The minimum atomic E-state index is -1.54. The van der Waals surface area contributed by atoms with E-state index in [-0.39, 0.29) is 38.6 Å². The minimum absolute atomic E-state index is 0.0184.